The molecule has 1 fully saturated rings. The van der Waals surface area contributed by atoms with E-state index in [2.05, 4.69) is 18.8 Å². The lowest BCUT2D eigenvalue weighted by atomic mass is 9.86. The van der Waals surface area contributed by atoms with E-state index in [9.17, 15) is 0 Å². The SMILES string of the molecule is CCC1(CC)CC(N=C(N)NO)CCO1. The molecule has 1 unspecified atom stereocenters. The Hall–Kier alpha value is -0.810. The first-order valence-corrected chi connectivity index (χ1v) is 5.53. The number of hydrogen-bond acceptors (Lipinski definition) is 3. The van der Waals surface area contributed by atoms with Crippen molar-refractivity contribution in [1.29, 1.82) is 0 Å². The van der Waals surface area contributed by atoms with Gasteiger partial charge in [-0.3, -0.25) is 5.21 Å². The van der Waals surface area contributed by atoms with Crippen LogP contribution < -0.4 is 11.2 Å². The molecule has 0 spiro atoms. The highest BCUT2D eigenvalue weighted by atomic mass is 16.5. The molecule has 0 radical (unpaired) electrons. The van der Waals surface area contributed by atoms with Crippen molar-refractivity contribution in [2.45, 2.75) is 51.2 Å². The molecule has 0 saturated carbocycles. The summed E-state index contributed by atoms with van der Waals surface area (Å²) in [6.07, 6.45) is 3.72. The van der Waals surface area contributed by atoms with Gasteiger partial charge in [0.05, 0.1) is 11.6 Å². The first-order valence-electron chi connectivity index (χ1n) is 5.53. The van der Waals surface area contributed by atoms with E-state index in [-0.39, 0.29) is 17.6 Å². The van der Waals surface area contributed by atoms with E-state index in [4.69, 9.17) is 15.7 Å². The van der Waals surface area contributed by atoms with Crippen molar-refractivity contribution in [2.24, 2.45) is 10.7 Å². The fourth-order valence-electron chi connectivity index (χ4n) is 2.08. The van der Waals surface area contributed by atoms with Crippen LogP contribution in [0.4, 0.5) is 0 Å². The van der Waals surface area contributed by atoms with Crippen LogP contribution in [0.2, 0.25) is 0 Å². The minimum Gasteiger partial charge on any atom is -0.375 e. The van der Waals surface area contributed by atoms with Crippen LogP contribution in [0, 0.1) is 0 Å². The molecule has 1 aliphatic heterocycles. The first kappa shape index (κ1) is 12.3. The monoisotopic (exact) mass is 215 g/mol. The van der Waals surface area contributed by atoms with Gasteiger partial charge < -0.3 is 10.5 Å². The molecule has 5 heteroatoms. The molecular weight excluding hydrogens is 194 g/mol. The topological polar surface area (TPSA) is 79.9 Å². The van der Waals surface area contributed by atoms with E-state index in [1.54, 1.807) is 0 Å². The van der Waals surface area contributed by atoms with Gasteiger partial charge in [0.15, 0.2) is 0 Å². The van der Waals surface area contributed by atoms with Crippen molar-refractivity contribution < 1.29 is 9.94 Å². The molecule has 0 aromatic carbocycles. The lowest BCUT2D eigenvalue weighted by Crippen LogP contribution is -2.41. The van der Waals surface area contributed by atoms with Crippen LogP contribution in [0.1, 0.15) is 39.5 Å². The van der Waals surface area contributed by atoms with E-state index >= 15 is 0 Å². The van der Waals surface area contributed by atoms with Crippen LogP contribution in [0.5, 0.6) is 0 Å². The maximum atomic E-state index is 8.57. The molecule has 0 amide bonds. The maximum Gasteiger partial charge on any atom is 0.213 e. The normalized spacial score (nSPS) is 26.3. The highest BCUT2D eigenvalue weighted by Gasteiger charge is 2.34. The first-order chi connectivity index (χ1) is 7.15. The van der Waals surface area contributed by atoms with Crippen molar-refractivity contribution in [3.8, 4) is 0 Å². The summed E-state index contributed by atoms with van der Waals surface area (Å²) in [6, 6.07) is 0.151. The van der Waals surface area contributed by atoms with Gasteiger partial charge in [-0.2, -0.15) is 0 Å². The van der Waals surface area contributed by atoms with Crippen LogP contribution in [-0.2, 0) is 4.74 Å². The van der Waals surface area contributed by atoms with Crippen molar-refractivity contribution in [2.75, 3.05) is 6.61 Å². The Morgan fingerprint density at radius 2 is 2.27 bits per heavy atom. The number of hydroxylamine groups is 1. The number of aliphatic imine (C=N–C) groups is 1. The summed E-state index contributed by atoms with van der Waals surface area (Å²) in [7, 11) is 0. The Morgan fingerprint density at radius 3 is 2.80 bits per heavy atom. The smallest absolute Gasteiger partial charge is 0.213 e. The molecule has 5 nitrogen and oxygen atoms in total. The van der Waals surface area contributed by atoms with E-state index in [0.717, 1.165) is 25.7 Å². The molecule has 0 bridgehead atoms. The van der Waals surface area contributed by atoms with Crippen LogP contribution >= 0.6 is 0 Å². The van der Waals surface area contributed by atoms with E-state index < -0.39 is 0 Å². The van der Waals surface area contributed by atoms with Gasteiger partial charge in [-0.15, -0.1) is 0 Å². The molecular formula is C10H21N3O2. The highest BCUT2D eigenvalue weighted by molar-refractivity contribution is 5.76. The van der Waals surface area contributed by atoms with Gasteiger partial charge in [-0.25, -0.2) is 10.5 Å². The zero-order valence-electron chi connectivity index (χ0n) is 9.49. The van der Waals surface area contributed by atoms with Gasteiger partial charge in [-0.05, 0) is 25.7 Å². The summed E-state index contributed by atoms with van der Waals surface area (Å²) >= 11 is 0. The van der Waals surface area contributed by atoms with Gasteiger partial charge >= 0.3 is 0 Å². The summed E-state index contributed by atoms with van der Waals surface area (Å²) in [6.45, 7) is 4.97. The summed E-state index contributed by atoms with van der Waals surface area (Å²) in [4.78, 5) is 4.20. The molecule has 0 aromatic heterocycles. The van der Waals surface area contributed by atoms with Crippen molar-refractivity contribution >= 4 is 5.96 Å². The Labute approximate surface area is 90.7 Å². The maximum absolute atomic E-state index is 8.57. The van der Waals surface area contributed by atoms with Gasteiger partial charge in [0.2, 0.25) is 5.96 Å². The van der Waals surface area contributed by atoms with Crippen molar-refractivity contribution in [3.63, 3.8) is 0 Å². The number of ether oxygens (including phenoxy) is 1. The third-order valence-corrected chi connectivity index (χ3v) is 3.19. The van der Waals surface area contributed by atoms with Crippen LogP contribution in [0.3, 0.4) is 0 Å². The molecule has 4 N–H and O–H groups in total. The summed E-state index contributed by atoms with van der Waals surface area (Å²) < 4.78 is 5.82. The number of hydrogen-bond donors (Lipinski definition) is 3. The second-order valence-corrected chi connectivity index (χ2v) is 4.01. The van der Waals surface area contributed by atoms with E-state index in [1.165, 1.54) is 0 Å². The minimum absolute atomic E-state index is 0.0534. The molecule has 1 aliphatic rings. The molecule has 1 atom stereocenters. The Balaban J connectivity index is 2.63. The summed E-state index contributed by atoms with van der Waals surface area (Å²) in [5.74, 6) is 0.0861. The highest BCUT2D eigenvalue weighted by Crippen LogP contribution is 2.32. The molecule has 15 heavy (non-hydrogen) atoms. The fourth-order valence-corrected chi connectivity index (χ4v) is 2.08. The average molecular weight is 215 g/mol. The van der Waals surface area contributed by atoms with Crippen molar-refractivity contribution in [1.82, 2.24) is 5.48 Å². The van der Waals surface area contributed by atoms with Crippen molar-refractivity contribution in [3.05, 3.63) is 0 Å². The van der Waals surface area contributed by atoms with Gasteiger partial charge in [0.1, 0.15) is 0 Å². The third-order valence-electron chi connectivity index (χ3n) is 3.19. The summed E-state index contributed by atoms with van der Waals surface area (Å²) in [5, 5.41) is 8.57. The predicted octanol–water partition coefficient (Wildman–Crippen LogP) is 1.02. The lowest BCUT2D eigenvalue weighted by molar-refractivity contribution is -0.0885. The molecule has 1 saturated heterocycles. The zero-order chi connectivity index (χ0) is 11.3. The number of guanidine groups is 1. The van der Waals surface area contributed by atoms with E-state index in [0.29, 0.717) is 6.61 Å². The average Bonchev–Trinajstić information content (AvgIpc) is 2.29. The third kappa shape index (κ3) is 3.07. The molecule has 1 rings (SSSR count). The second kappa shape index (κ2) is 5.32. The van der Waals surface area contributed by atoms with Crippen LogP contribution in [-0.4, -0.2) is 29.4 Å². The number of rotatable bonds is 3. The molecule has 0 aromatic rings. The fraction of sp³-hybridized carbons (Fsp3) is 0.900. The Kier molecular flexibility index (Phi) is 4.35. The standard InChI is InChI=1S/C10H21N3O2/c1-3-10(4-2)7-8(5-6-15-10)12-9(11)13-14/h8,14H,3-7H2,1-2H3,(H3,11,12,13). The minimum atomic E-state index is -0.0534. The quantitative estimate of drug-likeness (QED) is 0.373. The van der Waals surface area contributed by atoms with Gasteiger partial charge in [0, 0.05) is 6.61 Å². The number of nitrogens with zero attached hydrogens (tertiary/aromatic N) is 1. The van der Waals surface area contributed by atoms with Crippen LogP contribution in [0.25, 0.3) is 0 Å². The molecule has 0 aliphatic carbocycles. The molecule has 1 heterocycles. The van der Waals surface area contributed by atoms with Gasteiger partial charge in [0.25, 0.3) is 0 Å². The largest absolute Gasteiger partial charge is 0.375 e. The van der Waals surface area contributed by atoms with Crippen LogP contribution in [0.15, 0.2) is 4.99 Å². The summed E-state index contributed by atoms with van der Waals surface area (Å²) in [5.41, 5.74) is 7.23. The Bertz CT molecular complexity index is 227. The van der Waals surface area contributed by atoms with Gasteiger partial charge in [-0.1, -0.05) is 13.8 Å². The van der Waals surface area contributed by atoms with E-state index in [1.807, 2.05) is 5.48 Å². The Morgan fingerprint density at radius 1 is 1.60 bits per heavy atom. The molecule has 88 valence electrons. The number of nitrogens with two attached hydrogens (primary N) is 1. The lowest BCUT2D eigenvalue weighted by Gasteiger charge is -2.38. The number of nitrogens with one attached hydrogen (secondary N) is 1. The predicted molar refractivity (Wildman–Crippen MR) is 58.8 cm³/mol. The zero-order valence-corrected chi connectivity index (χ0v) is 9.49. The second-order valence-electron chi connectivity index (χ2n) is 4.01.